The summed E-state index contributed by atoms with van der Waals surface area (Å²) in [5.74, 6) is 0. The van der Waals surface area contributed by atoms with Gasteiger partial charge in [0.2, 0.25) is 0 Å². The number of nitrogens with zero attached hydrogens (tertiary/aromatic N) is 5. The number of hydrogen-bond donors (Lipinski definition) is 0. The van der Waals surface area contributed by atoms with Crippen LogP contribution in [0.2, 0.25) is 0 Å². The average Bonchev–Trinajstić information content (AvgIpc) is 4.02. The molecular formula is C74H55N5Si. The first-order chi connectivity index (χ1) is 39.0. The maximum absolute atomic E-state index is 10.1. The third-order valence-corrected chi connectivity index (χ3v) is 21.5. The molecule has 0 atom stereocenters. The number of fused-ring (bicyclic) bond motifs is 9. The standard InChI is InChI=1S/C74H55N5Si/c1-46-17-29-66-60(35-46)61-36-47(2)18-30-67(61)77(66)72-42-59(80(56-13-9-7-10-14-56,57-15-11-8-12-16-57)58-27-25-52(26-28-58)53-23-24-54(44-75)55(41-53)45-76)43-73(78-68-31-19-48(3)37-62(68)63-38-49(4)20-32-69(63)78)74(72)79-70-33-21-50(5)39-64(70)65-40-51(6)22-34-71(65)79/h7-43H,1-6H3. The first kappa shape index (κ1) is 48.4. The maximum Gasteiger partial charge on any atom is 0.179 e. The Morgan fingerprint density at radius 3 is 0.963 bits per heavy atom. The zero-order valence-electron chi connectivity index (χ0n) is 45.6. The normalized spacial score (nSPS) is 11.8. The van der Waals surface area contributed by atoms with Crippen LogP contribution >= 0.6 is 0 Å². The molecule has 0 aliphatic rings. The van der Waals surface area contributed by atoms with Gasteiger partial charge in [0.25, 0.3) is 0 Å². The van der Waals surface area contributed by atoms with Crippen molar-refractivity contribution < 1.29 is 0 Å². The fourth-order valence-electron chi connectivity index (χ4n) is 13.1. The lowest BCUT2D eigenvalue weighted by Gasteiger charge is -2.36. The molecule has 5 nitrogen and oxygen atoms in total. The fraction of sp³-hybridized carbons (Fsp3) is 0.0811. The summed E-state index contributed by atoms with van der Waals surface area (Å²) in [5, 5.41) is 32.2. The molecule has 0 spiro atoms. The lowest BCUT2D eigenvalue weighted by molar-refractivity contribution is 1.05. The zero-order valence-corrected chi connectivity index (χ0v) is 46.6. The summed E-state index contributed by atoms with van der Waals surface area (Å²) in [5.41, 5.74) is 19.9. The minimum atomic E-state index is -3.41. The summed E-state index contributed by atoms with van der Waals surface area (Å²) in [4.78, 5) is 0. The molecule has 0 aliphatic carbocycles. The monoisotopic (exact) mass is 1040 g/mol. The molecule has 0 unspecified atom stereocenters. The molecule has 3 aromatic heterocycles. The van der Waals surface area contributed by atoms with E-state index in [1.54, 1.807) is 6.07 Å². The molecule has 14 aromatic rings. The van der Waals surface area contributed by atoms with Crippen LogP contribution in [0.5, 0.6) is 0 Å². The van der Waals surface area contributed by atoms with Gasteiger partial charge in [-0.3, -0.25) is 0 Å². The molecular weight excluding hydrogens is 987 g/mol. The van der Waals surface area contributed by atoms with Crippen LogP contribution < -0.4 is 20.7 Å². The van der Waals surface area contributed by atoms with E-state index < -0.39 is 8.07 Å². The van der Waals surface area contributed by atoms with Gasteiger partial charge in [0, 0.05) is 32.3 Å². The van der Waals surface area contributed by atoms with Crippen molar-refractivity contribution in [2.24, 2.45) is 0 Å². The Kier molecular flexibility index (Phi) is 11.3. The van der Waals surface area contributed by atoms with Crippen molar-refractivity contribution in [2.75, 3.05) is 0 Å². The van der Waals surface area contributed by atoms with Gasteiger partial charge >= 0.3 is 0 Å². The predicted octanol–water partition coefficient (Wildman–Crippen LogP) is 15.6. The minimum absolute atomic E-state index is 0.366. The third kappa shape index (κ3) is 7.41. The number of aromatic nitrogens is 3. The summed E-state index contributed by atoms with van der Waals surface area (Å²) in [6.07, 6.45) is 0. The summed E-state index contributed by atoms with van der Waals surface area (Å²) in [6, 6.07) is 88.4. The Morgan fingerprint density at radius 1 is 0.287 bits per heavy atom. The van der Waals surface area contributed by atoms with E-state index in [0.717, 1.165) is 61.3 Å². The molecule has 80 heavy (non-hydrogen) atoms. The van der Waals surface area contributed by atoms with Gasteiger partial charge in [-0.1, -0.05) is 161 Å². The van der Waals surface area contributed by atoms with Crippen LogP contribution in [0.4, 0.5) is 0 Å². The smallest absolute Gasteiger partial charge is 0.179 e. The molecule has 0 fully saturated rings. The van der Waals surface area contributed by atoms with E-state index in [1.807, 2.05) is 12.1 Å². The van der Waals surface area contributed by atoms with E-state index in [9.17, 15) is 10.5 Å². The topological polar surface area (TPSA) is 62.4 Å². The van der Waals surface area contributed by atoms with Crippen molar-refractivity contribution in [1.82, 2.24) is 13.7 Å². The maximum atomic E-state index is 10.1. The molecule has 3 heterocycles. The van der Waals surface area contributed by atoms with Crippen LogP contribution in [0.3, 0.4) is 0 Å². The molecule has 11 aromatic carbocycles. The Morgan fingerprint density at radius 2 is 0.613 bits per heavy atom. The second-order valence-corrected chi connectivity index (χ2v) is 25.8. The van der Waals surface area contributed by atoms with Gasteiger partial charge < -0.3 is 13.7 Å². The van der Waals surface area contributed by atoms with Crippen LogP contribution in [0, 0.1) is 64.2 Å². The van der Waals surface area contributed by atoms with Crippen molar-refractivity contribution >= 4 is 94.2 Å². The lowest BCUT2D eigenvalue weighted by Crippen LogP contribution is -2.74. The summed E-state index contributed by atoms with van der Waals surface area (Å²) >= 11 is 0. The number of nitriles is 2. The fourth-order valence-corrected chi connectivity index (χ4v) is 17.9. The Bertz CT molecular complexity index is 4600. The highest BCUT2D eigenvalue weighted by atomic mass is 28.3. The van der Waals surface area contributed by atoms with E-state index in [-0.39, 0.29) is 0 Å². The lowest BCUT2D eigenvalue weighted by atomic mass is 10.0. The van der Waals surface area contributed by atoms with E-state index >= 15 is 0 Å². The van der Waals surface area contributed by atoms with Crippen LogP contribution in [0.1, 0.15) is 44.5 Å². The molecule has 0 saturated carbocycles. The van der Waals surface area contributed by atoms with Gasteiger partial charge in [0.1, 0.15) is 12.1 Å². The second kappa shape index (κ2) is 18.6. The number of rotatable bonds is 8. The first-order valence-corrected chi connectivity index (χ1v) is 29.4. The average molecular weight is 1040 g/mol. The SMILES string of the molecule is Cc1ccc2c(c1)c1cc(C)ccc1n2-c1cc([Si](c2ccccc2)(c2ccccc2)c2ccc(-c3ccc(C#N)c(C#N)c3)cc2)cc(-n2c3ccc(C)cc3c3cc(C)ccc32)c1-n1c2ccc(C)cc2c2cc(C)ccc21. The van der Waals surface area contributed by atoms with Gasteiger partial charge in [0.15, 0.2) is 8.07 Å². The Balaban J connectivity index is 1.23. The molecule has 0 amide bonds. The van der Waals surface area contributed by atoms with Crippen LogP contribution in [0.15, 0.2) is 224 Å². The van der Waals surface area contributed by atoms with Crippen molar-refractivity contribution in [3.05, 3.63) is 269 Å². The van der Waals surface area contributed by atoms with E-state index in [0.29, 0.717) is 11.1 Å². The van der Waals surface area contributed by atoms with Crippen LogP contribution in [0.25, 0.3) is 93.6 Å². The van der Waals surface area contributed by atoms with Gasteiger partial charge in [-0.2, -0.15) is 10.5 Å². The van der Waals surface area contributed by atoms with E-state index in [2.05, 4.69) is 274 Å². The highest BCUT2D eigenvalue weighted by Gasteiger charge is 2.43. The highest BCUT2D eigenvalue weighted by molar-refractivity contribution is 7.20. The summed E-state index contributed by atoms with van der Waals surface area (Å²) < 4.78 is 7.72. The van der Waals surface area contributed by atoms with Crippen LogP contribution in [-0.2, 0) is 0 Å². The third-order valence-electron chi connectivity index (χ3n) is 16.8. The van der Waals surface area contributed by atoms with Crippen molar-refractivity contribution in [3.8, 4) is 40.3 Å². The molecule has 380 valence electrons. The van der Waals surface area contributed by atoms with Gasteiger partial charge in [0.05, 0.1) is 61.3 Å². The zero-order chi connectivity index (χ0) is 54.6. The number of hydrogen-bond acceptors (Lipinski definition) is 2. The quantitative estimate of drug-likeness (QED) is 0.112. The minimum Gasteiger partial charge on any atom is -0.307 e. The Labute approximate surface area is 466 Å². The van der Waals surface area contributed by atoms with Crippen molar-refractivity contribution in [2.45, 2.75) is 41.5 Å². The summed E-state index contributed by atoms with van der Waals surface area (Å²) in [7, 11) is -3.41. The summed E-state index contributed by atoms with van der Waals surface area (Å²) in [6.45, 7) is 13.2. The second-order valence-electron chi connectivity index (χ2n) is 22.0. The molecule has 0 saturated heterocycles. The highest BCUT2D eigenvalue weighted by Crippen LogP contribution is 2.44. The largest absolute Gasteiger partial charge is 0.307 e. The van der Waals surface area contributed by atoms with E-state index in [1.165, 1.54) is 86.4 Å². The number of benzene rings is 11. The number of aryl methyl sites for hydroxylation is 6. The Hall–Kier alpha value is -9.98. The van der Waals surface area contributed by atoms with Crippen molar-refractivity contribution in [1.29, 1.82) is 10.5 Å². The van der Waals surface area contributed by atoms with Gasteiger partial charge in [-0.15, -0.1) is 0 Å². The van der Waals surface area contributed by atoms with Crippen LogP contribution in [-0.4, -0.2) is 21.8 Å². The molecule has 0 radical (unpaired) electrons. The molecule has 0 N–H and O–H groups in total. The molecule has 0 bridgehead atoms. The van der Waals surface area contributed by atoms with Crippen molar-refractivity contribution in [3.63, 3.8) is 0 Å². The molecule has 6 heteroatoms. The molecule has 0 aliphatic heterocycles. The van der Waals surface area contributed by atoms with E-state index in [4.69, 9.17) is 0 Å². The first-order valence-electron chi connectivity index (χ1n) is 27.4. The van der Waals surface area contributed by atoms with Gasteiger partial charge in [-0.05, 0) is 170 Å². The van der Waals surface area contributed by atoms with Gasteiger partial charge in [-0.25, -0.2) is 0 Å². The predicted molar refractivity (Wildman–Crippen MR) is 336 cm³/mol. The molecule has 14 rings (SSSR count).